The van der Waals surface area contributed by atoms with Crippen LogP contribution < -0.4 is 21.4 Å². The molecule has 34 heavy (non-hydrogen) atoms. The normalized spacial score (nSPS) is 17.3. The summed E-state index contributed by atoms with van der Waals surface area (Å²) in [4.78, 5) is 24.6. The third-order valence-electron chi connectivity index (χ3n) is 5.84. The molecule has 0 saturated carbocycles. The zero-order valence-electron chi connectivity index (χ0n) is 18.3. The molecule has 0 saturated heterocycles. The Labute approximate surface area is 194 Å². The van der Waals surface area contributed by atoms with E-state index in [2.05, 4.69) is 15.6 Å². The fourth-order valence-corrected chi connectivity index (χ4v) is 4.11. The van der Waals surface area contributed by atoms with Gasteiger partial charge in [0, 0.05) is 23.4 Å². The number of hydrogen-bond acceptors (Lipinski definition) is 7. The number of para-hydroxylation sites is 1. The van der Waals surface area contributed by atoms with Crippen molar-refractivity contribution in [1.29, 1.82) is 0 Å². The van der Waals surface area contributed by atoms with Crippen LogP contribution in [0.15, 0.2) is 88.4 Å². The fraction of sp³-hybridized carbons (Fsp3) is 0.120. The third-order valence-corrected chi connectivity index (χ3v) is 5.84. The van der Waals surface area contributed by atoms with Gasteiger partial charge in [-0.2, -0.15) is 0 Å². The first kappa shape index (κ1) is 21.2. The van der Waals surface area contributed by atoms with Crippen LogP contribution >= 0.6 is 0 Å². The van der Waals surface area contributed by atoms with Gasteiger partial charge in [-0.05, 0) is 42.1 Å². The third kappa shape index (κ3) is 3.62. The molecule has 3 N–H and O–H groups in total. The lowest BCUT2D eigenvalue weighted by molar-refractivity contribution is -0.122. The topological polar surface area (TPSA) is 125 Å². The second-order valence-corrected chi connectivity index (χ2v) is 7.88. The monoisotopic (exact) mass is 455 g/mol. The first-order valence-corrected chi connectivity index (χ1v) is 10.5. The molecule has 0 fully saturated rings. The van der Waals surface area contributed by atoms with Gasteiger partial charge in [0.1, 0.15) is 22.7 Å². The number of amides is 1. The lowest BCUT2D eigenvalue weighted by atomic mass is 9.80. The van der Waals surface area contributed by atoms with Crippen LogP contribution in [0.5, 0.6) is 5.75 Å². The number of dihydropyridines is 1. The van der Waals surface area contributed by atoms with Crippen LogP contribution in [0.2, 0.25) is 0 Å². The summed E-state index contributed by atoms with van der Waals surface area (Å²) in [5.41, 5.74) is 7.09. The highest BCUT2D eigenvalue weighted by Crippen LogP contribution is 2.33. The molecule has 1 amide bonds. The van der Waals surface area contributed by atoms with Crippen molar-refractivity contribution in [2.24, 2.45) is 5.73 Å². The molecule has 1 unspecified atom stereocenters. The first-order chi connectivity index (χ1) is 16.5. The van der Waals surface area contributed by atoms with Gasteiger partial charge in [-0.3, -0.25) is 4.79 Å². The van der Waals surface area contributed by atoms with Gasteiger partial charge in [0.05, 0.1) is 13.3 Å². The number of rotatable bonds is 6. The van der Waals surface area contributed by atoms with E-state index in [0.29, 0.717) is 34.7 Å². The average molecular weight is 455 g/mol. The summed E-state index contributed by atoms with van der Waals surface area (Å²) in [6.45, 7) is 0. The van der Waals surface area contributed by atoms with Crippen LogP contribution in [0.1, 0.15) is 11.3 Å². The highest BCUT2D eigenvalue weighted by atomic mass is 16.5. The minimum Gasteiger partial charge on any atom is -0.497 e. The number of carbonyl (C=O) groups excluding carboxylic acids is 1. The Bertz CT molecular complexity index is 1500. The molecular weight excluding hydrogens is 434 g/mol. The van der Waals surface area contributed by atoms with Crippen LogP contribution in [-0.2, 0) is 11.2 Å². The molecule has 0 bridgehead atoms. The number of primary amides is 1. The van der Waals surface area contributed by atoms with Crippen LogP contribution in [0, 0.1) is 0 Å². The van der Waals surface area contributed by atoms with Gasteiger partial charge in [-0.1, -0.05) is 35.6 Å². The standard InChI is InChI=1S/C25H21N5O4/c1-33-18-10-7-16(8-11-18)14-25(24(26)32)19(5-3-13-27-25)20-15-30(29-28-20)21-6-2-4-17-9-12-22(31)34-23(17)21/h2-13,15,27H,14H2,1H3,(H2,26,32). The SMILES string of the molecule is COc1ccc(CC2(C(N)=O)NC=CC=C2c2cn(-c3cccc4ccc(=O)oc34)nn2)cc1. The maximum atomic E-state index is 12.8. The van der Waals surface area contributed by atoms with E-state index >= 15 is 0 Å². The van der Waals surface area contributed by atoms with E-state index in [9.17, 15) is 9.59 Å². The Morgan fingerprint density at radius 1 is 1.18 bits per heavy atom. The molecule has 1 aliphatic rings. The number of benzene rings is 2. The van der Waals surface area contributed by atoms with Crippen molar-refractivity contribution in [1.82, 2.24) is 20.3 Å². The predicted octanol–water partition coefficient (Wildman–Crippen LogP) is 2.35. The van der Waals surface area contributed by atoms with E-state index < -0.39 is 17.1 Å². The van der Waals surface area contributed by atoms with Crippen molar-refractivity contribution in [2.45, 2.75) is 12.0 Å². The van der Waals surface area contributed by atoms with Crippen LogP contribution in [0.25, 0.3) is 22.2 Å². The highest BCUT2D eigenvalue weighted by molar-refractivity contribution is 6.01. The second-order valence-electron chi connectivity index (χ2n) is 7.88. The van der Waals surface area contributed by atoms with E-state index in [-0.39, 0.29) is 0 Å². The molecule has 1 aliphatic heterocycles. The van der Waals surface area contributed by atoms with Crippen LogP contribution in [0.4, 0.5) is 0 Å². The minimum atomic E-state index is -1.24. The summed E-state index contributed by atoms with van der Waals surface area (Å²) in [6, 6.07) is 15.9. The van der Waals surface area contributed by atoms with Gasteiger partial charge in [-0.25, -0.2) is 9.48 Å². The fourth-order valence-electron chi connectivity index (χ4n) is 4.11. The van der Waals surface area contributed by atoms with Crippen molar-refractivity contribution >= 4 is 22.4 Å². The summed E-state index contributed by atoms with van der Waals surface area (Å²) in [7, 11) is 1.60. The lowest BCUT2D eigenvalue weighted by Crippen LogP contribution is -2.56. The molecule has 5 rings (SSSR count). The van der Waals surface area contributed by atoms with E-state index in [1.54, 1.807) is 43.8 Å². The second kappa shape index (κ2) is 8.36. The summed E-state index contributed by atoms with van der Waals surface area (Å²) in [5, 5.41) is 12.5. The smallest absolute Gasteiger partial charge is 0.336 e. The molecule has 0 aliphatic carbocycles. The van der Waals surface area contributed by atoms with Crippen molar-refractivity contribution in [3.05, 3.63) is 101 Å². The van der Waals surface area contributed by atoms with Gasteiger partial charge < -0.3 is 20.2 Å². The predicted molar refractivity (Wildman–Crippen MR) is 126 cm³/mol. The Morgan fingerprint density at radius 3 is 2.76 bits per heavy atom. The largest absolute Gasteiger partial charge is 0.497 e. The van der Waals surface area contributed by atoms with Crippen molar-refractivity contribution in [2.75, 3.05) is 7.11 Å². The number of carbonyl (C=O) groups is 1. The zero-order chi connectivity index (χ0) is 23.7. The van der Waals surface area contributed by atoms with E-state index in [1.807, 2.05) is 36.4 Å². The molecule has 4 aromatic rings. The number of methoxy groups -OCH3 is 1. The maximum absolute atomic E-state index is 12.8. The summed E-state index contributed by atoms with van der Waals surface area (Å²) >= 11 is 0. The Kier molecular flexibility index (Phi) is 5.21. The van der Waals surface area contributed by atoms with Crippen molar-refractivity contribution in [3.8, 4) is 11.4 Å². The number of nitrogens with zero attached hydrogens (tertiary/aromatic N) is 3. The number of fused-ring (bicyclic) bond motifs is 1. The van der Waals surface area contributed by atoms with Gasteiger partial charge in [-0.15, -0.1) is 5.10 Å². The maximum Gasteiger partial charge on any atom is 0.336 e. The number of allylic oxidation sites excluding steroid dienone is 2. The lowest BCUT2D eigenvalue weighted by Gasteiger charge is -2.34. The minimum absolute atomic E-state index is 0.290. The average Bonchev–Trinajstić information content (AvgIpc) is 3.34. The number of hydrogen-bond donors (Lipinski definition) is 2. The van der Waals surface area contributed by atoms with E-state index in [4.69, 9.17) is 14.9 Å². The molecule has 2 aromatic heterocycles. The van der Waals surface area contributed by atoms with Crippen molar-refractivity contribution < 1.29 is 13.9 Å². The van der Waals surface area contributed by atoms with Crippen LogP contribution in [-0.4, -0.2) is 33.5 Å². The molecule has 2 aromatic carbocycles. The van der Waals surface area contributed by atoms with E-state index in [1.165, 1.54) is 10.7 Å². The number of aromatic nitrogens is 3. The molecular formula is C25H21N5O4. The van der Waals surface area contributed by atoms with Gasteiger partial charge >= 0.3 is 5.63 Å². The first-order valence-electron chi connectivity index (χ1n) is 10.5. The molecule has 1 atom stereocenters. The molecule has 9 heteroatoms. The molecule has 170 valence electrons. The van der Waals surface area contributed by atoms with Crippen LogP contribution in [0.3, 0.4) is 0 Å². The molecule has 0 radical (unpaired) electrons. The Hall–Kier alpha value is -4.66. The summed E-state index contributed by atoms with van der Waals surface area (Å²) in [5.74, 6) is 0.165. The highest BCUT2D eigenvalue weighted by Gasteiger charge is 2.42. The quantitative estimate of drug-likeness (QED) is 0.428. The Balaban J connectivity index is 1.57. The number of ether oxygens (including phenoxy) is 1. The summed E-state index contributed by atoms with van der Waals surface area (Å²) in [6.07, 6.45) is 7.23. The zero-order valence-corrected chi connectivity index (χ0v) is 18.3. The molecule has 9 nitrogen and oxygen atoms in total. The molecule has 3 heterocycles. The Morgan fingerprint density at radius 2 is 2.00 bits per heavy atom. The van der Waals surface area contributed by atoms with Gasteiger partial charge in [0.15, 0.2) is 5.58 Å². The molecule has 0 spiro atoms. The van der Waals surface area contributed by atoms with Gasteiger partial charge in [0.2, 0.25) is 5.91 Å². The van der Waals surface area contributed by atoms with Crippen molar-refractivity contribution in [3.63, 3.8) is 0 Å². The summed E-state index contributed by atoms with van der Waals surface area (Å²) < 4.78 is 12.2. The number of nitrogens with two attached hydrogens (primary N) is 1. The number of nitrogens with one attached hydrogen (secondary N) is 1. The van der Waals surface area contributed by atoms with E-state index in [0.717, 1.165) is 10.9 Å². The van der Waals surface area contributed by atoms with Gasteiger partial charge in [0.25, 0.3) is 0 Å².